The summed E-state index contributed by atoms with van der Waals surface area (Å²) in [6.07, 6.45) is 1.39. The second-order valence-electron chi connectivity index (χ2n) is 7.72. The molecule has 4 rings (SSSR count). The van der Waals surface area contributed by atoms with Crippen molar-refractivity contribution in [3.8, 4) is 11.5 Å². The molecule has 1 aliphatic rings. The van der Waals surface area contributed by atoms with Crippen LogP contribution in [0.5, 0.6) is 11.5 Å². The van der Waals surface area contributed by atoms with Crippen molar-refractivity contribution in [3.63, 3.8) is 0 Å². The van der Waals surface area contributed by atoms with Crippen LogP contribution in [0.2, 0.25) is 5.02 Å². The molecule has 1 aliphatic heterocycles. The van der Waals surface area contributed by atoms with Gasteiger partial charge in [0.2, 0.25) is 0 Å². The molecule has 0 spiro atoms. The maximum absolute atomic E-state index is 13.3. The number of thiocarbonyl (C=S) groups is 1. The third kappa shape index (κ3) is 5.66. The van der Waals surface area contributed by atoms with Crippen LogP contribution < -0.4 is 19.7 Å². The van der Waals surface area contributed by atoms with Crippen molar-refractivity contribution in [2.75, 3.05) is 12.0 Å². The number of carboxylic acids is 1. The lowest BCUT2D eigenvalue weighted by atomic mass is 10.1. The number of halogens is 2. The lowest BCUT2D eigenvalue weighted by molar-refractivity contribution is -0.122. The molecule has 1 heterocycles. The molecule has 0 aromatic heterocycles. The minimum Gasteiger partial charge on any atom is -0.493 e. The van der Waals surface area contributed by atoms with Crippen LogP contribution in [0.3, 0.4) is 0 Å². The summed E-state index contributed by atoms with van der Waals surface area (Å²) in [5, 5.41) is 12.2. The van der Waals surface area contributed by atoms with E-state index in [2.05, 4.69) is 21.2 Å². The fraction of sp³-hybridized carbons (Fsp3) is 0.0769. The largest absolute Gasteiger partial charge is 0.493 e. The monoisotopic (exact) mass is 600 g/mol. The number of benzene rings is 3. The quantitative estimate of drug-likeness (QED) is 0.217. The van der Waals surface area contributed by atoms with Crippen LogP contribution in [0.15, 0.2) is 70.7 Å². The number of hydrogen-bond acceptors (Lipinski definition) is 6. The van der Waals surface area contributed by atoms with Gasteiger partial charge in [-0.05, 0) is 60.3 Å². The highest BCUT2D eigenvalue weighted by Gasteiger charge is 2.35. The van der Waals surface area contributed by atoms with Gasteiger partial charge in [-0.2, -0.15) is 0 Å². The van der Waals surface area contributed by atoms with E-state index in [1.807, 2.05) is 18.2 Å². The number of carboxylic acid groups (broad SMARTS) is 1. The molecule has 2 N–H and O–H groups in total. The average molecular weight is 602 g/mol. The van der Waals surface area contributed by atoms with Crippen LogP contribution in [0.4, 0.5) is 5.69 Å². The number of amides is 2. The van der Waals surface area contributed by atoms with Gasteiger partial charge in [0.15, 0.2) is 16.6 Å². The third-order valence-corrected chi connectivity index (χ3v) is 6.72. The van der Waals surface area contributed by atoms with E-state index < -0.39 is 17.8 Å². The Kier molecular flexibility index (Phi) is 7.91. The molecule has 8 nitrogen and oxygen atoms in total. The number of rotatable bonds is 7. The van der Waals surface area contributed by atoms with Crippen LogP contribution in [-0.4, -0.2) is 35.1 Å². The van der Waals surface area contributed by atoms with Crippen LogP contribution in [0.25, 0.3) is 6.08 Å². The standard InChI is InChI=1S/C26H18BrClN2O6S/c1-35-21-11-16(19(27)12-22(21)36-13-15-5-2-3-8-20(15)28)10-18-23(31)29-26(37)30(24(18)32)17-7-4-6-14(9-17)25(33)34/h2-12H,13H2,1H3,(H,33,34)(H,29,31,37). The number of methoxy groups -OCH3 is 1. The van der Waals surface area contributed by atoms with E-state index in [0.717, 1.165) is 10.5 Å². The molecule has 1 saturated heterocycles. The first-order valence-electron chi connectivity index (χ1n) is 10.7. The van der Waals surface area contributed by atoms with Crippen LogP contribution in [-0.2, 0) is 16.2 Å². The zero-order chi connectivity index (χ0) is 26.7. The van der Waals surface area contributed by atoms with Crippen LogP contribution >= 0.6 is 39.7 Å². The highest BCUT2D eigenvalue weighted by molar-refractivity contribution is 9.10. The molecule has 0 saturated carbocycles. The predicted octanol–water partition coefficient (Wildman–Crippen LogP) is 5.22. The second-order valence-corrected chi connectivity index (χ2v) is 9.37. The van der Waals surface area contributed by atoms with Crippen molar-refractivity contribution in [3.05, 3.63) is 92.4 Å². The van der Waals surface area contributed by atoms with Gasteiger partial charge < -0.3 is 14.6 Å². The van der Waals surface area contributed by atoms with Gasteiger partial charge in [0.1, 0.15) is 12.2 Å². The number of aromatic carboxylic acids is 1. The molecular formula is C26H18BrClN2O6S. The molecule has 11 heteroatoms. The Morgan fingerprint density at radius 2 is 1.89 bits per heavy atom. The number of nitrogens with zero attached hydrogens (tertiary/aromatic N) is 1. The Balaban J connectivity index is 1.66. The molecule has 3 aromatic rings. The molecule has 0 unspecified atom stereocenters. The molecule has 188 valence electrons. The van der Waals surface area contributed by atoms with Gasteiger partial charge in [-0.15, -0.1) is 0 Å². The highest BCUT2D eigenvalue weighted by atomic mass is 79.9. The first-order valence-corrected chi connectivity index (χ1v) is 12.3. The Morgan fingerprint density at radius 3 is 2.59 bits per heavy atom. The number of nitrogens with one attached hydrogen (secondary N) is 1. The van der Waals surface area contributed by atoms with E-state index >= 15 is 0 Å². The Bertz CT molecular complexity index is 1480. The second kappa shape index (κ2) is 11.1. The summed E-state index contributed by atoms with van der Waals surface area (Å²) in [7, 11) is 1.47. The smallest absolute Gasteiger partial charge is 0.335 e. The fourth-order valence-corrected chi connectivity index (χ4v) is 4.44. The summed E-state index contributed by atoms with van der Waals surface area (Å²) in [6, 6.07) is 16.3. The molecule has 37 heavy (non-hydrogen) atoms. The third-order valence-electron chi connectivity index (χ3n) is 5.38. The van der Waals surface area contributed by atoms with E-state index in [1.54, 1.807) is 18.2 Å². The molecule has 2 amide bonds. The molecule has 0 atom stereocenters. The molecular weight excluding hydrogens is 584 g/mol. The van der Waals surface area contributed by atoms with Crippen LogP contribution in [0, 0.1) is 0 Å². The summed E-state index contributed by atoms with van der Waals surface area (Å²) < 4.78 is 11.9. The summed E-state index contributed by atoms with van der Waals surface area (Å²) in [4.78, 5) is 38.5. The summed E-state index contributed by atoms with van der Waals surface area (Å²) in [6.45, 7) is 0.200. The van der Waals surface area contributed by atoms with Crippen molar-refractivity contribution in [2.24, 2.45) is 0 Å². The first-order chi connectivity index (χ1) is 17.7. The molecule has 1 fully saturated rings. The van der Waals surface area contributed by atoms with Gasteiger partial charge in [0.05, 0.1) is 18.4 Å². The molecule has 0 radical (unpaired) electrons. The van der Waals surface area contributed by atoms with E-state index in [1.165, 1.54) is 37.5 Å². The highest BCUT2D eigenvalue weighted by Crippen LogP contribution is 2.36. The SMILES string of the molecule is COc1cc(C=C2C(=O)NC(=S)N(c3cccc(C(=O)O)c3)C2=O)c(Br)cc1OCc1ccccc1Cl. The average Bonchev–Trinajstić information content (AvgIpc) is 2.87. The molecule has 3 aromatic carbocycles. The number of ether oxygens (including phenoxy) is 2. The predicted molar refractivity (Wildman–Crippen MR) is 146 cm³/mol. The van der Waals surface area contributed by atoms with Crippen molar-refractivity contribution in [2.45, 2.75) is 6.61 Å². The normalized spacial score (nSPS) is 14.5. The van der Waals surface area contributed by atoms with E-state index in [4.69, 9.17) is 33.3 Å². The van der Waals surface area contributed by atoms with E-state index in [9.17, 15) is 19.5 Å². The van der Waals surface area contributed by atoms with E-state index in [0.29, 0.717) is 26.6 Å². The Hall–Kier alpha value is -3.73. The van der Waals surface area contributed by atoms with Gasteiger partial charge in [-0.3, -0.25) is 19.8 Å². The number of hydrogen-bond donors (Lipinski definition) is 2. The Morgan fingerprint density at radius 1 is 1.14 bits per heavy atom. The first kappa shape index (κ1) is 26.3. The van der Waals surface area contributed by atoms with Crippen molar-refractivity contribution >= 4 is 74.4 Å². The van der Waals surface area contributed by atoms with Gasteiger partial charge in [-0.1, -0.05) is 51.8 Å². The maximum atomic E-state index is 13.3. The van der Waals surface area contributed by atoms with Gasteiger partial charge in [-0.25, -0.2) is 4.79 Å². The zero-order valence-corrected chi connectivity index (χ0v) is 22.3. The van der Waals surface area contributed by atoms with Crippen molar-refractivity contribution in [1.29, 1.82) is 0 Å². The lowest BCUT2D eigenvalue weighted by Gasteiger charge is -2.29. The Labute approximate surface area is 230 Å². The molecule has 0 aliphatic carbocycles. The van der Waals surface area contributed by atoms with Gasteiger partial charge in [0, 0.05) is 15.1 Å². The molecule has 0 bridgehead atoms. The minimum absolute atomic E-state index is 0.0320. The number of carbonyl (C=O) groups excluding carboxylic acids is 2. The minimum atomic E-state index is -1.16. The summed E-state index contributed by atoms with van der Waals surface area (Å²) in [5.74, 6) is -1.77. The number of anilines is 1. The topological polar surface area (TPSA) is 105 Å². The fourth-order valence-electron chi connectivity index (χ4n) is 3.53. The van der Waals surface area contributed by atoms with Crippen LogP contribution in [0.1, 0.15) is 21.5 Å². The number of carbonyl (C=O) groups is 3. The van der Waals surface area contributed by atoms with Crippen molar-refractivity contribution < 1.29 is 29.0 Å². The zero-order valence-electron chi connectivity index (χ0n) is 19.2. The maximum Gasteiger partial charge on any atom is 0.335 e. The summed E-state index contributed by atoms with van der Waals surface area (Å²) in [5.41, 5.74) is 1.23. The lowest BCUT2D eigenvalue weighted by Crippen LogP contribution is -2.54. The van der Waals surface area contributed by atoms with Gasteiger partial charge >= 0.3 is 5.97 Å². The van der Waals surface area contributed by atoms with Crippen molar-refractivity contribution in [1.82, 2.24) is 5.32 Å². The van der Waals surface area contributed by atoms with Gasteiger partial charge in [0.25, 0.3) is 11.8 Å². The van der Waals surface area contributed by atoms with E-state index in [-0.39, 0.29) is 28.5 Å². The summed E-state index contributed by atoms with van der Waals surface area (Å²) >= 11 is 14.9.